The molecule has 0 unspecified atom stereocenters. The third-order valence-corrected chi connectivity index (χ3v) is 3.82. The van der Waals surface area contributed by atoms with Crippen LogP contribution < -0.4 is 4.72 Å². The lowest BCUT2D eigenvalue weighted by Crippen LogP contribution is -2.47. The van der Waals surface area contributed by atoms with Gasteiger partial charge in [0.1, 0.15) is 6.04 Å². The second kappa shape index (κ2) is 5.47. The summed E-state index contributed by atoms with van der Waals surface area (Å²) in [6.07, 6.45) is -1.33. The third kappa shape index (κ3) is 3.52. The highest BCUT2D eigenvalue weighted by Crippen LogP contribution is 2.11. The van der Waals surface area contributed by atoms with E-state index in [4.69, 9.17) is 5.11 Å². The Kier molecular flexibility index (Phi) is 4.44. The zero-order valence-electron chi connectivity index (χ0n) is 9.99. The molecule has 0 aliphatic carbocycles. The topological polar surface area (TPSA) is 104 Å². The van der Waals surface area contributed by atoms with E-state index in [1.165, 1.54) is 19.1 Å². The summed E-state index contributed by atoms with van der Waals surface area (Å²) in [6, 6.07) is 4.38. The first kappa shape index (κ1) is 14.6. The number of rotatable bonds is 5. The zero-order valence-corrected chi connectivity index (χ0v) is 10.8. The fourth-order valence-electron chi connectivity index (χ4n) is 1.31. The fourth-order valence-corrected chi connectivity index (χ4v) is 2.57. The van der Waals surface area contributed by atoms with Gasteiger partial charge >= 0.3 is 5.97 Å². The molecular weight excluding hydrogens is 258 g/mol. The van der Waals surface area contributed by atoms with Crippen LogP contribution in [0.2, 0.25) is 0 Å². The Morgan fingerprint density at radius 1 is 1.28 bits per heavy atom. The molecule has 2 atom stereocenters. The van der Waals surface area contributed by atoms with Gasteiger partial charge in [0.25, 0.3) is 0 Å². The van der Waals surface area contributed by atoms with Gasteiger partial charge in [0.2, 0.25) is 10.0 Å². The van der Waals surface area contributed by atoms with Gasteiger partial charge in [-0.2, -0.15) is 4.72 Å². The number of aryl methyl sites for hydroxylation is 1. The number of aliphatic hydroxyl groups is 1. The Morgan fingerprint density at radius 2 is 1.78 bits per heavy atom. The van der Waals surface area contributed by atoms with Gasteiger partial charge in [0.05, 0.1) is 11.0 Å². The minimum Gasteiger partial charge on any atom is -0.480 e. The fraction of sp³-hybridized carbons (Fsp3) is 0.364. The number of aliphatic hydroxyl groups excluding tert-OH is 1. The van der Waals surface area contributed by atoms with Gasteiger partial charge in [-0.05, 0) is 26.0 Å². The first-order valence-corrected chi connectivity index (χ1v) is 6.72. The first-order chi connectivity index (χ1) is 8.24. The molecule has 1 rings (SSSR count). The Bertz CT molecular complexity index is 521. The molecule has 6 nitrogen and oxygen atoms in total. The molecule has 0 heterocycles. The van der Waals surface area contributed by atoms with Crippen molar-refractivity contribution in [3.8, 4) is 0 Å². The zero-order chi connectivity index (χ0) is 13.9. The highest BCUT2D eigenvalue weighted by molar-refractivity contribution is 7.89. The van der Waals surface area contributed by atoms with Crippen LogP contribution in [0, 0.1) is 6.92 Å². The quantitative estimate of drug-likeness (QED) is 0.706. The Hall–Kier alpha value is -1.44. The molecule has 0 bridgehead atoms. The number of benzene rings is 1. The summed E-state index contributed by atoms with van der Waals surface area (Å²) < 4.78 is 25.7. The molecule has 3 N–H and O–H groups in total. The Labute approximate surface area is 105 Å². The summed E-state index contributed by atoms with van der Waals surface area (Å²) in [5, 5.41) is 18.0. The summed E-state index contributed by atoms with van der Waals surface area (Å²) in [6.45, 7) is 3.01. The van der Waals surface area contributed by atoms with Crippen molar-refractivity contribution in [3.05, 3.63) is 29.8 Å². The van der Waals surface area contributed by atoms with Crippen LogP contribution in [0.5, 0.6) is 0 Å². The van der Waals surface area contributed by atoms with E-state index < -0.39 is 28.1 Å². The van der Waals surface area contributed by atoms with E-state index >= 15 is 0 Å². The normalized spacial score (nSPS) is 15.1. The summed E-state index contributed by atoms with van der Waals surface area (Å²) in [5.41, 5.74) is 0.888. The molecule has 7 heteroatoms. The molecule has 1 aromatic carbocycles. The predicted octanol–water partition coefficient (Wildman–Crippen LogP) is 0.107. The number of nitrogens with one attached hydrogen (secondary N) is 1. The number of sulfonamides is 1. The number of carboxylic acid groups (broad SMARTS) is 1. The monoisotopic (exact) mass is 273 g/mol. The van der Waals surface area contributed by atoms with Crippen LogP contribution in [0.4, 0.5) is 0 Å². The van der Waals surface area contributed by atoms with E-state index in [0.717, 1.165) is 5.56 Å². The molecular formula is C11H15NO5S. The third-order valence-electron chi connectivity index (χ3n) is 2.36. The maximum atomic E-state index is 11.9. The molecule has 100 valence electrons. The van der Waals surface area contributed by atoms with E-state index in [-0.39, 0.29) is 4.90 Å². The number of carboxylic acids is 1. The minimum atomic E-state index is -3.96. The van der Waals surface area contributed by atoms with Crippen LogP contribution in [0.1, 0.15) is 12.5 Å². The van der Waals surface area contributed by atoms with Gasteiger partial charge in [-0.15, -0.1) is 0 Å². The molecule has 0 aliphatic rings. The highest BCUT2D eigenvalue weighted by Gasteiger charge is 2.29. The van der Waals surface area contributed by atoms with Gasteiger partial charge in [0, 0.05) is 0 Å². The molecule has 0 aromatic heterocycles. The van der Waals surface area contributed by atoms with Crippen molar-refractivity contribution in [3.63, 3.8) is 0 Å². The molecule has 0 saturated heterocycles. The molecule has 0 spiro atoms. The molecule has 0 radical (unpaired) electrons. The number of hydrogen-bond donors (Lipinski definition) is 3. The lowest BCUT2D eigenvalue weighted by Gasteiger charge is -2.17. The van der Waals surface area contributed by atoms with E-state index in [2.05, 4.69) is 0 Å². The Balaban J connectivity index is 3.01. The number of carbonyl (C=O) groups is 1. The highest BCUT2D eigenvalue weighted by atomic mass is 32.2. The molecule has 1 aromatic rings. The van der Waals surface area contributed by atoms with Crippen molar-refractivity contribution < 1.29 is 23.4 Å². The van der Waals surface area contributed by atoms with E-state index in [9.17, 15) is 18.3 Å². The predicted molar refractivity (Wildman–Crippen MR) is 64.6 cm³/mol. The molecule has 0 fully saturated rings. The SMILES string of the molecule is Cc1ccc(S(=O)(=O)N[C@H](C(=O)O)[C@@H](C)O)cc1. The van der Waals surface area contributed by atoms with Gasteiger partial charge in [-0.25, -0.2) is 8.42 Å². The maximum absolute atomic E-state index is 11.9. The van der Waals surface area contributed by atoms with Crippen molar-refractivity contribution in [1.82, 2.24) is 4.72 Å². The maximum Gasteiger partial charge on any atom is 0.324 e. The molecule has 0 amide bonds. The summed E-state index contributed by atoms with van der Waals surface area (Å²) in [4.78, 5) is 10.8. The summed E-state index contributed by atoms with van der Waals surface area (Å²) >= 11 is 0. The van der Waals surface area contributed by atoms with E-state index in [1.54, 1.807) is 19.1 Å². The average Bonchev–Trinajstić information content (AvgIpc) is 2.26. The molecule has 0 aliphatic heterocycles. The van der Waals surface area contributed by atoms with Crippen LogP contribution in [0.15, 0.2) is 29.2 Å². The van der Waals surface area contributed by atoms with Gasteiger partial charge in [0.15, 0.2) is 0 Å². The number of aliphatic carboxylic acids is 1. The average molecular weight is 273 g/mol. The summed E-state index contributed by atoms with van der Waals surface area (Å²) in [7, 11) is -3.96. The molecule has 0 saturated carbocycles. The van der Waals surface area contributed by atoms with Crippen LogP contribution >= 0.6 is 0 Å². The lowest BCUT2D eigenvalue weighted by atomic mass is 10.2. The second-order valence-corrected chi connectivity index (χ2v) is 5.70. The van der Waals surface area contributed by atoms with Crippen molar-refractivity contribution in [2.24, 2.45) is 0 Å². The molecule has 18 heavy (non-hydrogen) atoms. The largest absolute Gasteiger partial charge is 0.480 e. The first-order valence-electron chi connectivity index (χ1n) is 5.24. The van der Waals surface area contributed by atoms with Crippen LogP contribution in [-0.2, 0) is 14.8 Å². The van der Waals surface area contributed by atoms with Crippen molar-refractivity contribution >= 4 is 16.0 Å². The van der Waals surface area contributed by atoms with Gasteiger partial charge in [-0.1, -0.05) is 17.7 Å². The van der Waals surface area contributed by atoms with Crippen LogP contribution in [0.25, 0.3) is 0 Å². The van der Waals surface area contributed by atoms with Gasteiger partial charge < -0.3 is 10.2 Å². The minimum absolute atomic E-state index is 0.0417. The van der Waals surface area contributed by atoms with Gasteiger partial charge in [-0.3, -0.25) is 4.79 Å². The Morgan fingerprint density at radius 3 is 2.17 bits per heavy atom. The number of hydrogen-bond acceptors (Lipinski definition) is 4. The lowest BCUT2D eigenvalue weighted by molar-refractivity contribution is -0.141. The van der Waals surface area contributed by atoms with Crippen molar-refractivity contribution in [1.29, 1.82) is 0 Å². The van der Waals surface area contributed by atoms with E-state index in [0.29, 0.717) is 0 Å². The summed E-state index contributed by atoms with van der Waals surface area (Å²) in [5.74, 6) is -1.43. The second-order valence-electron chi connectivity index (χ2n) is 3.99. The van der Waals surface area contributed by atoms with Crippen LogP contribution in [0.3, 0.4) is 0 Å². The van der Waals surface area contributed by atoms with E-state index in [1.807, 2.05) is 4.72 Å². The van der Waals surface area contributed by atoms with Crippen molar-refractivity contribution in [2.45, 2.75) is 30.9 Å². The standard InChI is InChI=1S/C11H15NO5S/c1-7-3-5-9(6-4-7)18(16,17)12-10(8(2)13)11(14)15/h3-6,8,10,12-13H,1-2H3,(H,14,15)/t8-,10+/m1/s1. The van der Waals surface area contributed by atoms with Crippen molar-refractivity contribution in [2.75, 3.05) is 0 Å². The van der Waals surface area contributed by atoms with Crippen LogP contribution in [-0.4, -0.2) is 36.7 Å². The smallest absolute Gasteiger partial charge is 0.324 e.